The first-order chi connectivity index (χ1) is 17.9. The van der Waals surface area contributed by atoms with Crippen LogP contribution in [0.15, 0.2) is 59.9 Å². The van der Waals surface area contributed by atoms with Gasteiger partial charge in [-0.2, -0.15) is 0 Å². The van der Waals surface area contributed by atoms with Crippen LogP contribution in [0.25, 0.3) is 17.1 Å². The van der Waals surface area contributed by atoms with Crippen LogP contribution in [0.3, 0.4) is 0 Å². The van der Waals surface area contributed by atoms with Crippen molar-refractivity contribution in [3.05, 3.63) is 76.6 Å². The lowest BCUT2D eigenvalue weighted by Gasteiger charge is -2.27. The van der Waals surface area contributed by atoms with Crippen molar-refractivity contribution in [2.45, 2.75) is 25.9 Å². The number of H-pyrrole nitrogens is 1. The molecule has 2 aliphatic heterocycles. The Kier molecular flexibility index (Phi) is 6.77. The number of carboxylic acid groups (broad SMARTS) is 1. The largest absolute Gasteiger partial charge is 0.477 e. The third-order valence-electron chi connectivity index (χ3n) is 6.44. The highest BCUT2D eigenvalue weighted by Crippen LogP contribution is 2.30. The first kappa shape index (κ1) is 24.3. The number of carbonyl (C=O) groups is 2. The summed E-state index contributed by atoms with van der Waals surface area (Å²) in [5.41, 5.74) is 3.11. The fraction of sp³-hybridized carbons (Fsp3) is 0.250. The van der Waals surface area contributed by atoms with Crippen LogP contribution in [0.4, 0.5) is 5.69 Å². The van der Waals surface area contributed by atoms with E-state index in [1.54, 1.807) is 24.5 Å². The summed E-state index contributed by atoms with van der Waals surface area (Å²) in [5, 5.41) is 23.1. The number of likely N-dealkylation sites (tertiary alicyclic amines) is 1. The number of aliphatic hydroxyl groups excluding tert-OH is 1. The minimum Gasteiger partial charge on any atom is -0.477 e. The highest BCUT2D eigenvalue weighted by Gasteiger charge is 2.36. The fourth-order valence-corrected chi connectivity index (χ4v) is 4.38. The molecule has 0 amide bonds. The Bertz CT molecular complexity index is 1500. The predicted octanol–water partition coefficient (Wildman–Crippen LogP) is 3.03. The third-order valence-corrected chi connectivity index (χ3v) is 6.44. The summed E-state index contributed by atoms with van der Waals surface area (Å²) in [6.45, 7) is 4.18. The summed E-state index contributed by atoms with van der Waals surface area (Å²) in [5.74, 6) is 4.03. The molecular formula is C28H26N4O5. The molecule has 0 saturated carbocycles. The normalized spacial score (nSPS) is 17.7. The first-order valence-corrected chi connectivity index (χ1v) is 12.0. The molecule has 0 aliphatic carbocycles. The summed E-state index contributed by atoms with van der Waals surface area (Å²) in [6, 6.07) is 9.13. The molecule has 0 bridgehead atoms. The molecular weight excluding hydrogens is 472 g/mol. The van der Waals surface area contributed by atoms with Crippen molar-refractivity contribution in [3.8, 4) is 11.8 Å². The van der Waals surface area contributed by atoms with Gasteiger partial charge in [-0.05, 0) is 61.7 Å². The van der Waals surface area contributed by atoms with E-state index in [4.69, 9.17) is 4.74 Å². The summed E-state index contributed by atoms with van der Waals surface area (Å²) in [6.07, 6.45) is 6.19. The maximum atomic E-state index is 12.9. The van der Waals surface area contributed by atoms with Gasteiger partial charge in [0.25, 0.3) is 0 Å². The van der Waals surface area contributed by atoms with E-state index in [-0.39, 0.29) is 17.7 Å². The molecule has 2 aliphatic rings. The quantitative estimate of drug-likeness (QED) is 0.240. The zero-order chi connectivity index (χ0) is 25.9. The van der Waals surface area contributed by atoms with Crippen LogP contribution in [0.5, 0.6) is 0 Å². The van der Waals surface area contributed by atoms with Crippen LogP contribution in [-0.2, 0) is 14.3 Å². The number of aryl methyl sites for hydroxylation is 1. The second-order valence-electron chi connectivity index (χ2n) is 9.06. The topological polar surface area (TPSA) is 128 Å². The molecule has 4 N–H and O–H groups in total. The molecule has 5 rings (SSSR count). The molecule has 1 saturated heterocycles. The average molecular weight is 499 g/mol. The van der Waals surface area contributed by atoms with E-state index >= 15 is 0 Å². The minimum absolute atomic E-state index is 0.0879. The van der Waals surface area contributed by atoms with Crippen molar-refractivity contribution < 1.29 is 24.5 Å². The molecule has 9 nitrogen and oxygen atoms in total. The summed E-state index contributed by atoms with van der Waals surface area (Å²) in [7, 11) is 0. The number of aromatic amines is 1. The number of hydrogen-bond acceptors (Lipinski definition) is 7. The Morgan fingerprint density at radius 1 is 1.32 bits per heavy atom. The van der Waals surface area contributed by atoms with E-state index < -0.39 is 17.3 Å². The van der Waals surface area contributed by atoms with E-state index in [0.717, 1.165) is 42.4 Å². The number of ketones is 1. The Hall–Kier alpha value is -4.39. The number of Topliss-reactive ketones (excluding diaryl/α,β-unsaturated/α-hetero) is 1. The number of hydrogen-bond donors (Lipinski definition) is 4. The molecule has 1 aromatic carbocycles. The molecule has 3 aromatic rings. The lowest BCUT2D eigenvalue weighted by Crippen LogP contribution is -2.35. The molecule has 9 heteroatoms. The number of anilines is 1. The fourth-order valence-electron chi connectivity index (χ4n) is 4.38. The number of pyridine rings is 1. The number of nitrogens with zero attached hydrogens (tertiary/aromatic N) is 2. The van der Waals surface area contributed by atoms with Gasteiger partial charge in [0.2, 0.25) is 11.7 Å². The number of carboxylic acids is 1. The number of ether oxygens (including phenoxy) is 1. The average Bonchev–Trinajstić information content (AvgIpc) is 3.42. The number of aromatic nitrogens is 2. The van der Waals surface area contributed by atoms with Crippen molar-refractivity contribution in [1.29, 1.82) is 0 Å². The number of rotatable bonds is 5. The number of allylic oxidation sites excluding steroid dienone is 1. The number of nitrogens with one attached hydrogen (secondary N) is 2. The Morgan fingerprint density at radius 2 is 2.14 bits per heavy atom. The van der Waals surface area contributed by atoms with Crippen LogP contribution in [0, 0.1) is 18.8 Å². The van der Waals surface area contributed by atoms with Gasteiger partial charge >= 0.3 is 5.97 Å². The molecule has 0 atom stereocenters. The predicted molar refractivity (Wildman–Crippen MR) is 138 cm³/mol. The number of carbonyl (C=O) groups excluding carboxylic acids is 1. The maximum Gasteiger partial charge on any atom is 0.345 e. The molecule has 0 unspecified atom stereocenters. The van der Waals surface area contributed by atoms with Gasteiger partial charge in [0, 0.05) is 47.7 Å². The van der Waals surface area contributed by atoms with Crippen molar-refractivity contribution in [2.24, 2.45) is 0 Å². The highest BCUT2D eigenvalue weighted by molar-refractivity contribution is 6.26. The van der Waals surface area contributed by atoms with Crippen LogP contribution in [-0.4, -0.2) is 62.6 Å². The lowest BCUT2D eigenvalue weighted by atomic mass is 10.1. The van der Waals surface area contributed by atoms with Gasteiger partial charge in [-0.15, -0.1) is 0 Å². The lowest BCUT2D eigenvalue weighted by molar-refractivity contribution is -0.134. The number of aliphatic carboxylic acids is 1. The van der Waals surface area contributed by atoms with E-state index in [1.165, 1.54) is 6.08 Å². The Balaban J connectivity index is 1.32. The Morgan fingerprint density at radius 3 is 2.89 bits per heavy atom. The summed E-state index contributed by atoms with van der Waals surface area (Å²) < 4.78 is 5.71. The van der Waals surface area contributed by atoms with Crippen molar-refractivity contribution in [3.63, 3.8) is 0 Å². The van der Waals surface area contributed by atoms with E-state index in [0.29, 0.717) is 23.4 Å². The van der Waals surface area contributed by atoms with Gasteiger partial charge in [-0.1, -0.05) is 11.8 Å². The number of benzene rings is 1. The number of aliphatic hydroxyl groups is 1. The SMILES string of the molecule is Cc1cc(C#CCN2CCC(O)CC2)ccc1NC1=C(C(=O)O)C(=O)/C(=C/c2c[nH]c3ncccc23)O1. The van der Waals surface area contributed by atoms with Crippen LogP contribution >= 0.6 is 0 Å². The molecule has 1 fully saturated rings. The second-order valence-corrected chi connectivity index (χ2v) is 9.06. The highest BCUT2D eigenvalue weighted by atomic mass is 16.5. The van der Waals surface area contributed by atoms with E-state index in [1.807, 2.05) is 25.1 Å². The van der Waals surface area contributed by atoms with Crippen LogP contribution in [0.1, 0.15) is 29.5 Å². The molecule has 0 radical (unpaired) electrons. The monoisotopic (exact) mass is 498 g/mol. The van der Waals surface area contributed by atoms with Crippen LogP contribution in [0.2, 0.25) is 0 Å². The van der Waals surface area contributed by atoms with Gasteiger partial charge in [0.15, 0.2) is 11.3 Å². The number of piperidine rings is 1. The molecule has 37 heavy (non-hydrogen) atoms. The zero-order valence-electron chi connectivity index (χ0n) is 20.2. The van der Waals surface area contributed by atoms with E-state index in [2.05, 4.69) is 32.0 Å². The number of fused-ring (bicyclic) bond motifs is 1. The molecule has 188 valence electrons. The van der Waals surface area contributed by atoms with Crippen molar-refractivity contribution >= 4 is 34.5 Å². The van der Waals surface area contributed by atoms with Gasteiger partial charge in [-0.25, -0.2) is 9.78 Å². The molecule has 2 aromatic heterocycles. The van der Waals surface area contributed by atoms with Crippen molar-refractivity contribution in [2.75, 3.05) is 25.0 Å². The molecule has 4 heterocycles. The van der Waals surface area contributed by atoms with Crippen molar-refractivity contribution in [1.82, 2.24) is 14.9 Å². The summed E-state index contributed by atoms with van der Waals surface area (Å²) >= 11 is 0. The van der Waals surface area contributed by atoms with Gasteiger partial charge in [0.05, 0.1) is 12.6 Å². The smallest absolute Gasteiger partial charge is 0.345 e. The van der Waals surface area contributed by atoms with Crippen LogP contribution < -0.4 is 5.32 Å². The second kappa shape index (κ2) is 10.3. The molecule has 0 spiro atoms. The zero-order valence-corrected chi connectivity index (χ0v) is 20.2. The third kappa shape index (κ3) is 5.26. The van der Waals surface area contributed by atoms with Gasteiger partial charge in [-0.3, -0.25) is 9.69 Å². The van der Waals surface area contributed by atoms with E-state index in [9.17, 15) is 19.8 Å². The summed E-state index contributed by atoms with van der Waals surface area (Å²) in [4.78, 5) is 34.2. The standard InChI is InChI=1S/C28H26N4O5/c1-17-14-18(4-3-11-32-12-8-20(33)9-13-32)6-7-22(17)31-27-24(28(35)36)25(34)23(37-27)15-19-16-30-26-21(19)5-2-10-29-26/h2,5-7,10,14-16,20,31,33H,8-9,11-13H2,1H3,(H,29,30)(H,35,36)/b23-15-. The van der Waals surface area contributed by atoms with Gasteiger partial charge in [0.1, 0.15) is 5.65 Å². The Labute approximate surface area is 213 Å². The first-order valence-electron chi connectivity index (χ1n) is 12.0. The maximum absolute atomic E-state index is 12.9. The van der Waals surface area contributed by atoms with Gasteiger partial charge < -0.3 is 25.3 Å². The minimum atomic E-state index is -1.37.